The smallest absolute Gasteiger partial charge is 0.274 e. The molecule has 0 aliphatic rings. The maximum absolute atomic E-state index is 12.4. The van der Waals surface area contributed by atoms with E-state index in [1.807, 2.05) is 19.1 Å². The highest BCUT2D eigenvalue weighted by Crippen LogP contribution is 2.21. The number of carbonyl (C=O) groups excluding carboxylic acids is 1. The summed E-state index contributed by atoms with van der Waals surface area (Å²) in [5, 5.41) is 6.41. The van der Waals surface area contributed by atoms with Crippen molar-refractivity contribution in [3.8, 4) is 0 Å². The first kappa shape index (κ1) is 17.2. The SMILES string of the molecule is Cc1cc(C(=O)Nc2ccccc2Cl)nc(NCCC(C)C)n1. The first-order chi connectivity index (χ1) is 11.0. The predicted octanol–water partition coefficient (Wildman–Crippen LogP) is 4.15. The van der Waals surface area contributed by atoms with Crippen LogP contribution in [0.2, 0.25) is 5.02 Å². The third-order valence-corrected chi connectivity index (χ3v) is 3.54. The molecule has 0 aliphatic carbocycles. The van der Waals surface area contributed by atoms with E-state index in [2.05, 4.69) is 34.4 Å². The molecule has 122 valence electrons. The molecule has 2 rings (SSSR count). The predicted molar refractivity (Wildman–Crippen MR) is 94.1 cm³/mol. The Morgan fingerprint density at radius 2 is 2.00 bits per heavy atom. The summed E-state index contributed by atoms with van der Waals surface area (Å²) >= 11 is 6.06. The van der Waals surface area contributed by atoms with E-state index in [4.69, 9.17) is 11.6 Å². The summed E-state index contributed by atoms with van der Waals surface area (Å²) in [6.45, 7) is 6.91. The van der Waals surface area contributed by atoms with Gasteiger partial charge in [0.1, 0.15) is 5.69 Å². The first-order valence-electron chi connectivity index (χ1n) is 7.61. The molecule has 1 heterocycles. The second-order valence-corrected chi connectivity index (χ2v) is 6.17. The van der Waals surface area contributed by atoms with Gasteiger partial charge in [0.2, 0.25) is 5.95 Å². The molecule has 0 spiro atoms. The van der Waals surface area contributed by atoms with Gasteiger partial charge in [-0.15, -0.1) is 0 Å². The van der Waals surface area contributed by atoms with Gasteiger partial charge in [-0.3, -0.25) is 4.79 Å². The zero-order valence-corrected chi connectivity index (χ0v) is 14.3. The van der Waals surface area contributed by atoms with Crippen LogP contribution in [0.4, 0.5) is 11.6 Å². The van der Waals surface area contributed by atoms with Crippen LogP contribution in [-0.2, 0) is 0 Å². The number of hydrogen-bond donors (Lipinski definition) is 2. The molecule has 0 saturated heterocycles. The molecular weight excluding hydrogens is 312 g/mol. The molecule has 0 atom stereocenters. The molecule has 0 radical (unpaired) electrons. The molecule has 2 N–H and O–H groups in total. The molecule has 6 heteroatoms. The molecule has 2 aromatic rings. The molecule has 0 aliphatic heterocycles. The van der Waals surface area contributed by atoms with E-state index in [-0.39, 0.29) is 5.91 Å². The molecule has 1 aromatic heterocycles. The lowest BCUT2D eigenvalue weighted by Crippen LogP contribution is -2.17. The maximum Gasteiger partial charge on any atom is 0.274 e. The summed E-state index contributed by atoms with van der Waals surface area (Å²) in [7, 11) is 0. The number of carbonyl (C=O) groups is 1. The minimum atomic E-state index is -0.310. The lowest BCUT2D eigenvalue weighted by molar-refractivity contribution is 0.102. The zero-order chi connectivity index (χ0) is 16.8. The second kappa shape index (κ2) is 7.92. The van der Waals surface area contributed by atoms with Crippen molar-refractivity contribution in [3.05, 3.63) is 46.7 Å². The average molecular weight is 333 g/mol. The Kier molecular flexibility index (Phi) is 5.93. The van der Waals surface area contributed by atoms with Gasteiger partial charge in [0.25, 0.3) is 5.91 Å². The summed E-state index contributed by atoms with van der Waals surface area (Å²) in [5.74, 6) is 0.751. The molecule has 0 bridgehead atoms. The number of benzene rings is 1. The topological polar surface area (TPSA) is 66.9 Å². The van der Waals surface area contributed by atoms with Gasteiger partial charge in [0.05, 0.1) is 10.7 Å². The van der Waals surface area contributed by atoms with Gasteiger partial charge >= 0.3 is 0 Å². The van der Waals surface area contributed by atoms with Crippen molar-refractivity contribution in [2.75, 3.05) is 17.2 Å². The van der Waals surface area contributed by atoms with Gasteiger partial charge < -0.3 is 10.6 Å². The lowest BCUT2D eigenvalue weighted by Gasteiger charge is -2.10. The second-order valence-electron chi connectivity index (χ2n) is 5.76. The van der Waals surface area contributed by atoms with Gasteiger partial charge in [0, 0.05) is 12.2 Å². The molecule has 0 unspecified atom stereocenters. The Labute approximate surface area is 141 Å². The highest BCUT2D eigenvalue weighted by molar-refractivity contribution is 6.33. The Hall–Kier alpha value is -2.14. The Morgan fingerprint density at radius 3 is 2.70 bits per heavy atom. The number of amides is 1. The maximum atomic E-state index is 12.4. The summed E-state index contributed by atoms with van der Waals surface area (Å²) in [5.41, 5.74) is 1.60. The minimum Gasteiger partial charge on any atom is -0.354 e. The quantitative estimate of drug-likeness (QED) is 0.834. The minimum absolute atomic E-state index is 0.310. The van der Waals surface area contributed by atoms with Crippen molar-refractivity contribution in [3.63, 3.8) is 0 Å². The number of anilines is 2. The van der Waals surface area contributed by atoms with Crippen LogP contribution in [0, 0.1) is 12.8 Å². The number of hydrogen-bond acceptors (Lipinski definition) is 4. The van der Waals surface area contributed by atoms with E-state index in [9.17, 15) is 4.79 Å². The van der Waals surface area contributed by atoms with Gasteiger partial charge in [-0.05, 0) is 37.5 Å². The fourth-order valence-corrected chi connectivity index (χ4v) is 2.17. The van der Waals surface area contributed by atoms with Gasteiger partial charge in [-0.25, -0.2) is 9.97 Å². The normalized spacial score (nSPS) is 10.7. The standard InChI is InChI=1S/C17H21ClN4O/c1-11(2)8-9-19-17-20-12(3)10-15(22-17)16(23)21-14-7-5-4-6-13(14)18/h4-7,10-11H,8-9H2,1-3H3,(H,21,23)(H,19,20,22). The highest BCUT2D eigenvalue weighted by atomic mass is 35.5. The van der Waals surface area contributed by atoms with Crippen LogP contribution in [0.3, 0.4) is 0 Å². The van der Waals surface area contributed by atoms with Crippen molar-refractivity contribution in [1.29, 1.82) is 0 Å². The van der Waals surface area contributed by atoms with Crippen molar-refractivity contribution in [2.24, 2.45) is 5.92 Å². The van der Waals surface area contributed by atoms with Crippen LogP contribution in [-0.4, -0.2) is 22.4 Å². The van der Waals surface area contributed by atoms with Crippen LogP contribution >= 0.6 is 11.6 Å². The Balaban J connectivity index is 2.11. The Morgan fingerprint density at radius 1 is 1.26 bits per heavy atom. The van der Waals surface area contributed by atoms with Crippen molar-refractivity contribution in [2.45, 2.75) is 27.2 Å². The number of para-hydroxylation sites is 1. The van der Waals surface area contributed by atoms with Crippen molar-refractivity contribution < 1.29 is 4.79 Å². The summed E-state index contributed by atoms with van der Waals surface area (Å²) < 4.78 is 0. The highest BCUT2D eigenvalue weighted by Gasteiger charge is 2.12. The fourth-order valence-electron chi connectivity index (χ4n) is 1.99. The number of halogens is 1. The van der Waals surface area contributed by atoms with E-state index < -0.39 is 0 Å². The number of nitrogens with one attached hydrogen (secondary N) is 2. The molecule has 1 aromatic carbocycles. The van der Waals surface area contributed by atoms with Crippen molar-refractivity contribution >= 4 is 29.1 Å². The number of aromatic nitrogens is 2. The molecule has 1 amide bonds. The summed E-state index contributed by atoms with van der Waals surface area (Å²) in [6, 6.07) is 8.74. The van der Waals surface area contributed by atoms with Crippen LogP contribution in [0.15, 0.2) is 30.3 Å². The first-order valence-corrected chi connectivity index (χ1v) is 7.99. The van der Waals surface area contributed by atoms with Crippen LogP contribution in [0.5, 0.6) is 0 Å². The van der Waals surface area contributed by atoms with Gasteiger partial charge in [-0.2, -0.15) is 0 Å². The van der Waals surface area contributed by atoms with E-state index in [1.54, 1.807) is 18.2 Å². The van der Waals surface area contributed by atoms with Crippen LogP contribution in [0.25, 0.3) is 0 Å². The van der Waals surface area contributed by atoms with E-state index in [0.717, 1.165) is 18.7 Å². The lowest BCUT2D eigenvalue weighted by atomic mass is 10.1. The molecule has 23 heavy (non-hydrogen) atoms. The summed E-state index contributed by atoms with van der Waals surface area (Å²) in [4.78, 5) is 21.0. The third kappa shape index (κ3) is 5.21. The van der Waals surface area contributed by atoms with E-state index >= 15 is 0 Å². The average Bonchev–Trinajstić information content (AvgIpc) is 2.48. The van der Waals surface area contributed by atoms with Crippen LogP contribution in [0.1, 0.15) is 36.5 Å². The number of nitrogens with zero attached hydrogens (tertiary/aromatic N) is 2. The summed E-state index contributed by atoms with van der Waals surface area (Å²) in [6.07, 6.45) is 1.01. The van der Waals surface area contributed by atoms with Gasteiger partial charge in [-0.1, -0.05) is 37.6 Å². The van der Waals surface area contributed by atoms with E-state index in [0.29, 0.717) is 28.3 Å². The molecule has 0 saturated carbocycles. The van der Waals surface area contributed by atoms with Crippen LogP contribution < -0.4 is 10.6 Å². The Bertz CT molecular complexity index is 688. The third-order valence-electron chi connectivity index (χ3n) is 3.21. The zero-order valence-electron chi connectivity index (χ0n) is 13.6. The molecule has 0 fully saturated rings. The van der Waals surface area contributed by atoms with Crippen molar-refractivity contribution in [1.82, 2.24) is 9.97 Å². The monoisotopic (exact) mass is 332 g/mol. The molecule has 5 nitrogen and oxygen atoms in total. The fraction of sp³-hybridized carbons (Fsp3) is 0.353. The number of aryl methyl sites for hydroxylation is 1. The molecular formula is C17H21ClN4O. The largest absolute Gasteiger partial charge is 0.354 e. The van der Waals surface area contributed by atoms with Gasteiger partial charge in [0.15, 0.2) is 0 Å². The van der Waals surface area contributed by atoms with E-state index in [1.165, 1.54) is 0 Å². The number of rotatable bonds is 6.